The lowest BCUT2D eigenvalue weighted by molar-refractivity contribution is 0.153. The molecule has 0 radical (unpaired) electrons. The molecule has 5 nitrogen and oxygen atoms in total. The molecule has 0 bridgehead atoms. The quantitative estimate of drug-likeness (QED) is 0.894. The first-order chi connectivity index (χ1) is 10.1. The highest BCUT2D eigenvalue weighted by Crippen LogP contribution is 2.29. The molecule has 1 aliphatic rings. The van der Waals surface area contributed by atoms with Gasteiger partial charge in [0.1, 0.15) is 0 Å². The van der Waals surface area contributed by atoms with Gasteiger partial charge in [0, 0.05) is 25.0 Å². The second-order valence-electron chi connectivity index (χ2n) is 5.99. The minimum Gasteiger partial charge on any atom is -0.396 e. The van der Waals surface area contributed by atoms with Crippen LogP contribution in [0.3, 0.4) is 0 Å². The molecule has 1 aromatic heterocycles. The van der Waals surface area contributed by atoms with E-state index in [1.807, 2.05) is 0 Å². The summed E-state index contributed by atoms with van der Waals surface area (Å²) < 4.78 is 1.69. The van der Waals surface area contributed by atoms with Gasteiger partial charge in [0.15, 0.2) is 0 Å². The van der Waals surface area contributed by atoms with E-state index < -0.39 is 6.10 Å². The third-order valence-corrected chi connectivity index (χ3v) is 3.91. The van der Waals surface area contributed by atoms with Crippen molar-refractivity contribution in [2.45, 2.75) is 26.0 Å². The van der Waals surface area contributed by atoms with Crippen LogP contribution in [0.1, 0.15) is 12.5 Å². The fraction of sp³-hybridized carbons (Fsp3) is 0.438. The lowest BCUT2D eigenvalue weighted by Crippen LogP contribution is -2.40. The number of hydrogen-bond acceptors (Lipinski definition) is 4. The SMILES string of the molecule is CC1Cc2ccccc2N(CC(O)Cn2cc(N)cn2)C1. The van der Waals surface area contributed by atoms with Crippen LogP contribution in [0.15, 0.2) is 36.7 Å². The highest BCUT2D eigenvalue weighted by atomic mass is 16.3. The predicted molar refractivity (Wildman–Crippen MR) is 84.2 cm³/mol. The van der Waals surface area contributed by atoms with Crippen LogP contribution in [-0.2, 0) is 13.0 Å². The summed E-state index contributed by atoms with van der Waals surface area (Å²) in [6.45, 7) is 4.31. The number of fused-ring (bicyclic) bond motifs is 1. The van der Waals surface area contributed by atoms with Gasteiger partial charge in [-0.2, -0.15) is 5.10 Å². The Balaban J connectivity index is 1.69. The Kier molecular flexibility index (Phi) is 3.84. The van der Waals surface area contributed by atoms with Crippen LogP contribution >= 0.6 is 0 Å². The van der Waals surface area contributed by atoms with Crippen molar-refractivity contribution in [3.05, 3.63) is 42.2 Å². The van der Waals surface area contributed by atoms with E-state index in [2.05, 4.69) is 41.2 Å². The van der Waals surface area contributed by atoms with E-state index in [4.69, 9.17) is 5.73 Å². The Morgan fingerprint density at radius 2 is 2.19 bits per heavy atom. The second-order valence-corrected chi connectivity index (χ2v) is 5.99. The molecule has 2 aromatic rings. The van der Waals surface area contributed by atoms with Gasteiger partial charge in [0.2, 0.25) is 0 Å². The highest BCUT2D eigenvalue weighted by molar-refractivity contribution is 5.55. The van der Waals surface area contributed by atoms with Crippen molar-refractivity contribution in [2.75, 3.05) is 23.7 Å². The molecule has 1 aliphatic heterocycles. The van der Waals surface area contributed by atoms with Crippen LogP contribution < -0.4 is 10.6 Å². The number of hydrogen-bond donors (Lipinski definition) is 2. The summed E-state index contributed by atoms with van der Waals surface area (Å²) in [7, 11) is 0. The first-order valence-corrected chi connectivity index (χ1v) is 7.40. The van der Waals surface area contributed by atoms with Crippen LogP contribution in [0, 0.1) is 5.92 Å². The standard InChI is InChI=1S/C16H22N4O/c1-12-6-13-4-2-3-5-16(13)19(8-12)10-15(21)11-20-9-14(17)7-18-20/h2-5,7,9,12,15,21H,6,8,10-11,17H2,1H3. The smallest absolute Gasteiger partial charge is 0.0910 e. The summed E-state index contributed by atoms with van der Waals surface area (Å²) in [6.07, 6.45) is 3.99. The van der Waals surface area contributed by atoms with E-state index in [1.54, 1.807) is 17.1 Å². The molecule has 0 saturated heterocycles. The Morgan fingerprint density at radius 1 is 1.38 bits per heavy atom. The van der Waals surface area contributed by atoms with E-state index in [9.17, 15) is 5.11 Å². The normalized spacial score (nSPS) is 19.3. The number of benzene rings is 1. The van der Waals surface area contributed by atoms with Gasteiger partial charge in [-0.15, -0.1) is 0 Å². The Hall–Kier alpha value is -2.01. The molecule has 0 spiro atoms. The van der Waals surface area contributed by atoms with Crippen LogP contribution in [0.25, 0.3) is 0 Å². The van der Waals surface area contributed by atoms with Crippen molar-refractivity contribution in [1.29, 1.82) is 0 Å². The average Bonchev–Trinajstić information content (AvgIpc) is 2.83. The molecule has 3 rings (SSSR count). The zero-order chi connectivity index (χ0) is 14.8. The molecule has 2 atom stereocenters. The molecular formula is C16H22N4O. The maximum Gasteiger partial charge on any atom is 0.0910 e. The third-order valence-electron chi connectivity index (χ3n) is 3.91. The molecule has 0 amide bonds. The van der Waals surface area contributed by atoms with Gasteiger partial charge >= 0.3 is 0 Å². The molecule has 1 aromatic carbocycles. The maximum absolute atomic E-state index is 10.3. The van der Waals surface area contributed by atoms with Crippen molar-refractivity contribution in [1.82, 2.24) is 9.78 Å². The fourth-order valence-corrected chi connectivity index (χ4v) is 3.09. The number of nitrogens with two attached hydrogens (primary N) is 1. The minimum atomic E-state index is -0.470. The number of para-hydroxylation sites is 1. The van der Waals surface area contributed by atoms with E-state index in [0.717, 1.165) is 13.0 Å². The predicted octanol–water partition coefficient (Wildman–Crippen LogP) is 1.52. The molecule has 3 N–H and O–H groups in total. The molecule has 0 aliphatic carbocycles. The van der Waals surface area contributed by atoms with Crippen molar-refractivity contribution < 1.29 is 5.11 Å². The lowest BCUT2D eigenvalue weighted by atomic mass is 9.94. The van der Waals surface area contributed by atoms with Gasteiger partial charge in [-0.05, 0) is 24.0 Å². The molecule has 2 heterocycles. The topological polar surface area (TPSA) is 67.3 Å². The number of rotatable bonds is 4. The fourth-order valence-electron chi connectivity index (χ4n) is 3.09. The maximum atomic E-state index is 10.3. The molecule has 2 unspecified atom stereocenters. The van der Waals surface area contributed by atoms with Crippen LogP contribution in [0.2, 0.25) is 0 Å². The first-order valence-electron chi connectivity index (χ1n) is 7.40. The van der Waals surface area contributed by atoms with Crippen molar-refractivity contribution in [3.8, 4) is 0 Å². The number of anilines is 2. The van der Waals surface area contributed by atoms with Crippen LogP contribution in [-0.4, -0.2) is 34.1 Å². The van der Waals surface area contributed by atoms with Gasteiger partial charge in [-0.25, -0.2) is 0 Å². The van der Waals surface area contributed by atoms with Crippen LogP contribution in [0.5, 0.6) is 0 Å². The summed E-state index contributed by atoms with van der Waals surface area (Å²) in [5, 5.41) is 14.5. The minimum absolute atomic E-state index is 0.463. The van der Waals surface area contributed by atoms with Crippen molar-refractivity contribution in [2.24, 2.45) is 5.92 Å². The number of nitrogens with zero attached hydrogens (tertiary/aromatic N) is 3. The van der Waals surface area contributed by atoms with E-state index in [-0.39, 0.29) is 0 Å². The summed E-state index contributed by atoms with van der Waals surface area (Å²) in [4.78, 5) is 2.28. The van der Waals surface area contributed by atoms with E-state index in [1.165, 1.54) is 11.3 Å². The zero-order valence-electron chi connectivity index (χ0n) is 12.3. The number of aliphatic hydroxyl groups is 1. The van der Waals surface area contributed by atoms with E-state index in [0.29, 0.717) is 24.7 Å². The number of aliphatic hydroxyl groups excluding tert-OH is 1. The summed E-state index contributed by atoms with van der Waals surface area (Å²) in [5.74, 6) is 0.604. The molecular weight excluding hydrogens is 264 g/mol. The van der Waals surface area contributed by atoms with Gasteiger partial charge in [0.25, 0.3) is 0 Å². The summed E-state index contributed by atoms with van der Waals surface area (Å²) in [5.41, 5.74) is 8.88. The lowest BCUT2D eigenvalue weighted by Gasteiger charge is -2.36. The number of nitrogen functional groups attached to an aromatic ring is 1. The van der Waals surface area contributed by atoms with Crippen molar-refractivity contribution in [3.63, 3.8) is 0 Å². The molecule has 0 fully saturated rings. The largest absolute Gasteiger partial charge is 0.396 e. The van der Waals surface area contributed by atoms with Crippen LogP contribution in [0.4, 0.5) is 11.4 Å². The number of β-amino-alcohol motifs (C(OH)–C–C–N with tert-alkyl or cyclic N) is 1. The monoisotopic (exact) mass is 286 g/mol. The van der Waals surface area contributed by atoms with Gasteiger partial charge in [-0.3, -0.25) is 4.68 Å². The van der Waals surface area contributed by atoms with Gasteiger partial charge in [0.05, 0.1) is 24.5 Å². The Morgan fingerprint density at radius 3 is 2.95 bits per heavy atom. The summed E-state index contributed by atoms with van der Waals surface area (Å²) in [6, 6.07) is 8.46. The van der Waals surface area contributed by atoms with Gasteiger partial charge < -0.3 is 15.7 Å². The molecule has 0 saturated carbocycles. The molecule has 112 valence electrons. The number of aromatic nitrogens is 2. The molecule has 5 heteroatoms. The second kappa shape index (κ2) is 5.77. The average molecular weight is 286 g/mol. The summed E-state index contributed by atoms with van der Waals surface area (Å²) >= 11 is 0. The first kappa shape index (κ1) is 13.9. The Bertz CT molecular complexity index is 610. The zero-order valence-corrected chi connectivity index (χ0v) is 12.3. The highest BCUT2D eigenvalue weighted by Gasteiger charge is 2.23. The van der Waals surface area contributed by atoms with Gasteiger partial charge in [-0.1, -0.05) is 25.1 Å². The molecule has 21 heavy (non-hydrogen) atoms. The van der Waals surface area contributed by atoms with E-state index >= 15 is 0 Å². The van der Waals surface area contributed by atoms with Crippen molar-refractivity contribution >= 4 is 11.4 Å². The Labute approximate surface area is 125 Å². The third kappa shape index (κ3) is 3.19.